The van der Waals surface area contributed by atoms with Gasteiger partial charge in [-0.1, -0.05) is 72.2 Å². The Balaban J connectivity index is 3.17. The molecular formula is C33H56O7Si. The largest absolute Gasteiger partial charge is 0.497 e. The van der Waals surface area contributed by atoms with Gasteiger partial charge in [-0.05, 0) is 65.6 Å². The Kier molecular flexibility index (Phi) is 17.4. The minimum absolute atomic E-state index is 0.0360. The summed E-state index contributed by atoms with van der Waals surface area (Å²) in [6.07, 6.45) is 5.06. The van der Waals surface area contributed by atoms with E-state index in [9.17, 15) is 4.79 Å². The Hall–Kier alpha value is -1.97. The molecule has 7 nitrogen and oxygen atoms in total. The Morgan fingerprint density at radius 1 is 0.878 bits per heavy atom. The topological polar surface area (TPSA) is 72.5 Å². The van der Waals surface area contributed by atoms with E-state index in [2.05, 4.69) is 55.4 Å². The third-order valence-corrected chi connectivity index (χ3v) is 14.1. The molecule has 0 aliphatic rings. The van der Waals surface area contributed by atoms with Crippen LogP contribution in [0.3, 0.4) is 0 Å². The minimum atomic E-state index is -2.15. The molecule has 0 heterocycles. The molecule has 0 radical (unpaired) electrons. The highest BCUT2D eigenvalue weighted by Crippen LogP contribution is 2.44. The van der Waals surface area contributed by atoms with Gasteiger partial charge in [0.25, 0.3) is 0 Å². The van der Waals surface area contributed by atoms with E-state index in [1.807, 2.05) is 30.3 Å². The van der Waals surface area contributed by atoms with Gasteiger partial charge in [-0.2, -0.15) is 0 Å². The number of carbonyl (C=O) groups is 1. The summed E-state index contributed by atoms with van der Waals surface area (Å²) in [5.41, 5.74) is 4.79. The summed E-state index contributed by atoms with van der Waals surface area (Å²) in [6, 6.07) is 7.90. The summed E-state index contributed by atoms with van der Waals surface area (Å²) in [6.45, 7) is 19.7. The van der Waals surface area contributed by atoms with E-state index in [0.29, 0.717) is 36.4 Å². The molecule has 1 rings (SSSR count). The number of hydrogen-bond acceptors (Lipinski definition) is 7. The number of esters is 1. The van der Waals surface area contributed by atoms with Crippen molar-refractivity contribution in [2.45, 2.75) is 97.6 Å². The van der Waals surface area contributed by atoms with Crippen LogP contribution in [0.5, 0.6) is 5.75 Å². The Morgan fingerprint density at radius 2 is 1.46 bits per heavy atom. The maximum atomic E-state index is 11.9. The van der Waals surface area contributed by atoms with Crippen molar-refractivity contribution in [2.75, 3.05) is 41.3 Å². The Labute approximate surface area is 250 Å². The first-order valence-electron chi connectivity index (χ1n) is 14.8. The summed E-state index contributed by atoms with van der Waals surface area (Å²) >= 11 is 0. The molecule has 1 aromatic carbocycles. The summed E-state index contributed by atoms with van der Waals surface area (Å²) in [5, 5.41) is 0. The highest BCUT2D eigenvalue weighted by molar-refractivity contribution is 6.77. The fourth-order valence-corrected chi connectivity index (χ4v) is 11.3. The summed E-state index contributed by atoms with van der Waals surface area (Å²) in [5.74, 6) is 0.521. The highest BCUT2D eigenvalue weighted by Gasteiger charge is 2.47. The van der Waals surface area contributed by atoms with Gasteiger partial charge in [-0.25, -0.2) is 4.79 Å². The number of carbonyl (C=O) groups excluding carboxylic acids is 1. The van der Waals surface area contributed by atoms with Crippen LogP contribution in [0, 0.1) is 5.92 Å². The smallest absolute Gasteiger partial charge is 0.330 e. The van der Waals surface area contributed by atoms with Crippen molar-refractivity contribution in [1.29, 1.82) is 0 Å². The summed E-state index contributed by atoms with van der Waals surface area (Å²) in [7, 11) is 2.53. The van der Waals surface area contributed by atoms with E-state index in [-0.39, 0.29) is 24.8 Å². The second-order valence-electron chi connectivity index (χ2n) is 11.7. The van der Waals surface area contributed by atoms with Gasteiger partial charge in [-0.3, -0.25) is 0 Å². The lowest BCUT2D eigenvalue weighted by Gasteiger charge is -2.45. The van der Waals surface area contributed by atoms with Crippen LogP contribution in [0.1, 0.15) is 73.8 Å². The molecule has 0 bridgehead atoms. The summed E-state index contributed by atoms with van der Waals surface area (Å²) in [4.78, 5) is 11.9. The van der Waals surface area contributed by atoms with Gasteiger partial charge in [0.2, 0.25) is 8.32 Å². The van der Waals surface area contributed by atoms with Crippen LogP contribution in [-0.2, 0) is 34.8 Å². The number of allylic oxidation sites excluding steroid dienone is 1. The zero-order valence-corrected chi connectivity index (χ0v) is 28.5. The quantitative estimate of drug-likeness (QED) is 0.0381. The summed E-state index contributed by atoms with van der Waals surface area (Å²) < 4.78 is 34.3. The molecule has 0 fully saturated rings. The molecule has 41 heavy (non-hydrogen) atoms. The van der Waals surface area contributed by atoms with Crippen molar-refractivity contribution < 1.29 is 32.9 Å². The van der Waals surface area contributed by atoms with Gasteiger partial charge in [-0.15, -0.1) is 0 Å². The number of rotatable bonds is 20. The zero-order chi connectivity index (χ0) is 31.0. The second-order valence-corrected chi connectivity index (χ2v) is 17.1. The van der Waals surface area contributed by atoms with Crippen LogP contribution < -0.4 is 4.74 Å². The van der Waals surface area contributed by atoms with Crippen LogP contribution in [0.15, 0.2) is 47.6 Å². The first-order chi connectivity index (χ1) is 19.4. The van der Waals surface area contributed by atoms with Gasteiger partial charge >= 0.3 is 5.97 Å². The van der Waals surface area contributed by atoms with E-state index in [1.54, 1.807) is 14.2 Å². The van der Waals surface area contributed by atoms with Crippen molar-refractivity contribution in [3.63, 3.8) is 0 Å². The molecule has 0 spiro atoms. The number of methoxy groups -OCH3 is 3. The van der Waals surface area contributed by atoms with Crippen molar-refractivity contribution in [1.82, 2.24) is 0 Å². The fourth-order valence-electron chi connectivity index (χ4n) is 5.61. The molecule has 0 unspecified atom stereocenters. The number of benzene rings is 1. The average molecular weight is 593 g/mol. The molecule has 0 N–H and O–H groups in total. The molecule has 0 aliphatic heterocycles. The molecule has 0 aliphatic carbocycles. The van der Waals surface area contributed by atoms with E-state index in [1.165, 1.54) is 18.8 Å². The van der Waals surface area contributed by atoms with Crippen molar-refractivity contribution >= 4 is 14.3 Å². The Morgan fingerprint density at radius 3 is 1.98 bits per heavy atom. The lowest BCUT2D eigenvalue weighted by molar-refractivity contribution is -0.134. The molecule has 2 atom stereocenters. The maximum absolute atomic E-state index is 11.9. The van der Waals surface area contributed by atoms with Crippen LogP contribution in [0.2, 0.25) is 16.6 Å². The number of ether oxygens (including phenoxy) is 5. The minimum Gasteiger partial charge on any atom is -0.497 e. The van der Waals surface area contributed by atoms with E-state index >= 15 is 0 Å². The standard InChI is InChI=1S/C33H56O7Si/c1-24(2)41(25(3)4,26(5)6)40-32(28(8)13-19-33(34)37-11)18-12-27(7)30(22-39-23-35-9)21-38-20-29-14-16-31(36-10)17-15-29/h13-17,19,24-26,28,32H,12,18,20-23H2,1-11H3/b19-13+,30-27-/t28-,32-/m0/s1. The third kappa shape index (κ3) is 12.0. The van der Waals surface area contributed by atoms with E-state index in [0.717, 1.165) is 29.7 Å². The molecule has 0 aromatic heterocycles. The number of hydrogen-bond donors (Lipinski definition) is 0. The SMILES string of the molecule is COCOC/C(COCc1ccc(OC)cc1)=C(/C)CC[C@H](O[Si](C(C)C)(C(C)C)C(C)C)[C@@H](C)/C=C/C(=O)OC. The molecule has 0 amide bonds. The lowest BCUT2D eigenvalue weighted by atomic mass is 9.96. The molecule has 0 saturated carbocycles. The highest BCUT2D eigenvalue weighted by atomic mass is 28.4. The first-order valence-corrected chi connectivity index (χ1v) is 17.0. The molecule has 1 aromatic rings. The van der Waals surface area contributed by atoms with Crippen molar-refractivity contribution in [3.8, 4) is 5.75 Å². The molecular weight excluding hydrogens is 536 g/mol. The van der Waals surface area contributed by atoms with Crippen LogP contribution >= 0.6 is 0 Å². The lowest BCUT2D eigenvalue weighted by Crippen LogP contribution is -2.51. The van der Waals surface area contributed by atoms with Gasteiger partial charge < -0.3 is 28.1 Å². The predicted molar refractivity (Wildman–Crippen MR) is 169 cm³/mol. The van der Waals surface area contributed by atoms with Crippen molar-refractivity contribution in [2.24, 2.45) is 5.92 Å². The second kappa shape index (κ2) is 19.3. The average Bonchev–Trinajstić information content (AvgIpc) is 2.94. The first kappa shape index (κ1) is 37.1. The van der Waals surface area contributed by atoms with Gasteiger partial charge in [0.15, 0.2) is 0 Å². The predicted octanol–water partition coefficient (Wildman–Crippen LogP) is 7.86. The Bertz CT molecular complexity index is 916. The van der Waals surface area contributed by atoms with Gasteiger partial charge in [0.1, 0.15) is 12.5 Å². The van der Waals surface area contributed by atoms with Crippen LogP contribution in [-0.4, -0.2) is 61.7 Å². The van der Waals surface area contributed by atoms with E-state index < -0.39 is 8.32 Å². The molecule has 234 valence electrons. The monoisotopic (exact) mass is 592 g/mol. The molecule has 0 saturated heterocycles. The fraction of sp³-hybridized carbons (Fsp3) is 0.667. The van der Waals surface area contributed by atoms with Gasteiger partial charge in [0, 0.05) is 13.2 Å². The van der Waals surface area contributed by atoms with Crippen LogP contribution in [0.25, 0.3) is 0 Å². The van der Waals surface area contributed by atoms with Crippen molar-refractivity contribution in [3.05, 3.63) is 53.1 Å². The normalized spacial score (nSPS) is 14.6. The third-order valence-electron chi connectivity index (χ3n) is 7.98. The van der Waals surface area contributed by atoms with Gasteiger partial charge in [0.05, 0.1) is 40.1 Å². The van der Waals surface area contributed by atoms with E-state index in [4.69, 9.17) is 28.1 Å². The zero-order valence-electron chi connectivity index (χ0n) is 27.5. The van der Waals surface area contributed by atoms with Crippen LogP contribution in [0.4, 0.5) is 0 Å². The molecule has 8 heteroatoms. The maximum Gasteiger partial charge on any atom is 0.330 e.